The topological polar surface area (TPSA) is 59.5 Å². The zero-order chi connectivity index (χ0) is 12.7. The Morgan fingerprint density at radius 2 is 2.18 bits per heavy atom. The quantitative estimate of drug-likeness (QED) is 0.717. The molecule has 0 saturated heterocycles. The number of nitrogens with one attached hydrogen (secondary N) is 1. The van der Waals surface area contributed by atoms with Crippen LogP contribution in [0.1, 0.15) is 6.92 Å². The molecule has 0 unspecified atom stereocenters. The molecule has 0 atom stereocenters. The predicted molar refractivity (Wildman–Crippen MR) is 67.9 cm³/mol. The van der Waals surface area contributed by atoms with Crippen LogP contribution < -0.4 is 15.0 Å². The van der Waals surface area contributed by atoms with Gasteiger partial charge in [-0.3, -0.25) is 0 Å². The molecule has 0 aliphatic heterocycles. The van der Waals surface area contributed by atoms with Gasteiger partial charge in [-0.25, -0.2) is 9.97 Å². The van der Waals surface area contributed by atoms with Gasteiger partial charge in [0.25, 0.3) is 0 Å². The first kappa shape index (κ1) is 13.5. The van der Waals surface area contributed by atoms with Crippen molar-refractivity contribution >= 4 is 11.6 Å². The molecule has 1 N–H and O–H groups in total. The van der Waals surface area contributed by atoms with E-state index in [4.69, 9.17) is 9.47 Å². The van der Waals surface area contributed by atoms with Gasteiger partial charge in [0.2, 0.25) is 5.75 Å². The molecule has 0 radical (unpaired) electrons. The van der Waals surface area contributed by atoms with E-state index in [1.165, 1.54) is 6.33 Å². The molecule has 0 aliphatic rings. The van der Waals surface area contributed by atoms with Crippen LogP contribution in [0.15, 0.2) is 6.33 Å². The highest BCUT2D eigenvalue weighted by molar-refractivity contribution is 5.64. The maximum atomic E-state index is 5.32. The smallest absolute Gasteiger partial charge is 0.204 e. The first-order valence-corrected chi connectivity index (χ1v) is 5.60. The minimum atomic E-state index is 0.647. The average molecular weight is 240 g/mol. The third-order valence-corrected chi connectivity index (χ3v) is 2.36. The van der Waals surface area contributed by atoms with Crippen molar-refractivity contribution in [2.75, 3.05) is 51.2 Å². The lowest BCUT2D eigenvalue weighted by Gasteiger charge is -2.21. The van der Waals surface area contributed by atoms with Crippen molar-refractivity contribution in [3.8, 4) is 5.75 Å². The summed E-state index contributed by atoms with van der Waals surface area (Å²) < 4.78 is 10.6. The molecule has 1 aromatic rings. The van der Waals surface area contributed by atoms with Crippen LogP contribution >= 0.6 is 0 Å². The highest BCUT2D eigenvalue weighted by Gasteiger charge is 2.14. The van der Waals surface area contributed by atoms with Gasteiger partial charge in [-0.2, -0.15) is 0 Å². The van der Waals surface area contributed by atoms with Crippen LogP contribution in [0.4, 0.5) is 11.6 Å². The Morgan fingerprint density at radius 3 is 2.76 bits per heavy atom. The third-order valence-electron chi connectivity index (χ3n) is 2.36. The van der Waals surface area contributed by atoms with E-state index in [1.807, 2.05) is 18.9 Å². The van der Waals surface area contributed by atoms with Crippen LogP contribution in [-0.4, -0.2) is 50.9 Å². The van der Waals surface area contributed by atoms with Gasteiger partial charge in [-0.1, -0.05) is 0 Å². The van der Waals surface area contributed by atoms with Gasteiger partial charge in [-0.15, -0.1) is 0 Å². The number of methoxy groups -OCH3 is 1. The molecule has 0 spiro atoms. The molecule has 1 rings (SSSR count). The summed E-state index contributed by atoms with van der Waals surface area (Å²) in [5.41, 5.74) is 0. The van der Waals surface area contributed by atoms with Crippen LogP contribution in [0.25, 0.3) is 0 Å². The molecule has 1 aromatic heterocycles. The van der Waals surface area contributed by atoms with Gasteiger partial charge in [0.05, 0.1) is 13.7 Å². The van der Waals surface area contributed by atoms with E-state index in [1.54, 1.807) is 14.2 Å². The second-order valence-electron chi connectivity index (χ2n) is 3.45. The van der Waals surface area contributed by atoms with Gasteiger partial charge < -0.3 is 19.7 Å². The molecule has 0 aliphatic carbocycles. The minimum Gasteiger partial charge on any atom is -0.490 e. The van der Waals surface area contributed by atoms with Crippen LogP contribution in [0.2, 0.25) is 0 Å². The van der Waals surface area contributed by atoms with E-state index >= 15 is 0 Å². The molecule has 17 heavy (non-hydrogen) atoms. The van der Waals surface area contributed by atoms with E-state index in [-0.39, 0.29) is 0 Å². The number of nitrogens with zero attached hydrogens (tertiary/aromatic N) is 3. The van der Waals surface area contributed by atoms with Gasteiger partial charge in [-0.05, 0) is 6.92 Å². The van der Waals surface area contributed by atoms with Crippen LogP contribution in [0.5, 0.6) is 5.75 Å². The normalized spacial score (nSPS) is 10.1. The fourth-order valence-corrected chi connectivity index (χ4v) is 1.45. The molecule has 0 aromatic carbocycles. The summed E-state index contributed by atoms with van der Waals surface area (Å²) in [5.74, 6) is 2.08. The summed E-state index contributed by atoms with van der Waals surface area (Å²) >= 11 is 0. The van der Waals surface area contributed by atoms with E-state index in [0.29, 0.717) is 18.2 Å². The molecule has 0 bridgehead atoms. The van der Waals surface area contributed by atoms with Gasteiger partial charge in [0, 0.05) is 27.2 Å². The average Bonchev–Trinajstić information content (AvgIpc) is 2.37. The number of aromatic nitrogens is 2. The lowest BCUT2D eigenvalue weighted by atomic mass is 10.4. The Kier molecular flexibility index (Phi) is 5.48. The maximum Gasteiger partial charge on any atom is 0.204 e. The molecular formula is C11H20N4O2. The van der Waals surface area contributed by atoms with Crippen LogP contribution in [0.3, 0.4) is 0 Å². The van der Waals surface area contributed by atoms with Gasteiger partial charge in [0.15, 0.2) is 11.6 Å². The number of likely N-dealkylation sites (N-methyl/N-ethyl adjacent to an activating group) is 1. The fraction of sp³-hybridized carbons (Fsp3) is 0.636. The first-order valence-electron chi connectivity index (χ1n) is 5.60. The summed E-state index contributed by atoms with van der Waals surface area (Å²) in [4.78, 5) is 10.3. The van der Waals surface area contributed by atoms with E-state index in [0.717, 1.165) is 19.0 Å². The van der Waals surface area contributed by atoms with Crippen molar-refractivity contribution < 1.29 is 9.47 Å². The Bertz CT molecular complexity index is 346. The minimum absolute atomic E-state index is 0.647. The summed E-state index contributed by atoms with van der Waals surface area (Å²) in [7, 11) is 5.36. The number of anilines is 2. The molecule has 0 fully saturated rings. The molecule has 0 saturated carbocycles. The largest absolute Gasteiger partial charge is 0.490 e. The SMILES string of the molecule is CCOCCN(C)c1ncnc(NC)c1OC. The van der Waals surface area contributed by atoms with Crippen molar-refractivity contribution in [2.24, 2.45) is 0 Å². The molecular weight excluding hydrogens is 220 g/mol. The highest BCUT2D eigenvalue weighted by Crippen LogP contribution is 2.30. The zero-order valence-corrected chi connectivity index (χ0v) is 10.9. The number of hydrogen-bond donors (Lipinski definition) is 1. The molecule has 0 amide bonds. The second kappa shape index (κ2) is 6.90. The summed E-state index contributed by atoms with van der Waals surface area (Å²) in [6.07, 6.45) is 1.51. The fourth-order valence-electron chi connectivity index (χ4n) is 1.45. The van der Waals surface area contributed by atoms with E-state index in [2.05, 4.69) is 15.3 Å². The monoisotopic (exact) mass is 240 g/mol. The maximum absolute atomic E-state index is 5.32. The Labute approximate surface area is 102 Å². The lowest BCUT2D eigenvalue weighted by Crippen LogP contribution is -2.24. The standard InChI is InChI=1S/C11H20N4O2/c1-5-17-7-6-15(3)11-9(16-4)10(12-2)13-8-14-11/h8H,5-7H2,1-4H3,(H,12,13,14). The van der Waals surface area contributed by atoms with Crippen molar-refractivity contribution in [3.05, 3.63) is 6.33 Å². The molecule has 6 nitrogen and oxygen atoms in total. The third kappa shape index (κ3) is 3.45. The zero-order valence-electron chi connectivity index (χ0n) is 10.9. The van der Waals surface area contributed by atoms with Crippen molar-refractivity contribution in [1.82, 2.24) is 9.97 Å². The van der Waals surface area contributed by atoms with Gasteiger partial charge in [0.1, 0.15) is 6.33 Å². The Balaban J connectivity index is 2.81. The van der Waals surface area contributed by atoms with Crippen molar-refractivity contribution in [3.63, 3.8) is 0 Å². The number of rotatable bonds is 7. The van der Waals surface area contributed by atoms with E-state index in [9.17, 15) is 0 Å². The summed E-state index contributed by atoms with van der Waals surface area (Å²) in [6.45, 7) is 4.11. The van der Waals surface area contributed by atoms with Gasteiger partial charge >= 0.3 is 0 Å². The van der Waals surface area contributed by atoms with Crippen LogP contribution in [0, 0.1) is 0 Å². The molecule has 1 heterocycles. The van der Waals surface area contributed by atoms with E-state index < -0.39 is 0 Å². The van der Waals surface area contributed by atoms with Crippen LogP contribution in [-0.2, 0) is 4.74 Å². The summed E-state index contributed by atoms with van der Waals surface area (Å²) in [6, 6.07) is 0. The predicted octanol–water partition coefficient (Wildman–Crippen LogP) is 1.000. The lowest BCUT2D eigenvalue weighted by molar-refractivity contribution is 0.154. The Morgan fingerprint density at radius 1 is 1.41 bits per heavy atom. The molecule has 96 valence electrons. The number of hydrogen-bond acceptors (Lipinski definition) is 6. The first-order chi connectivity index (χ1) is 8.24. The number of ether oxygens (including phenoxy) is 2. The summed E-state index contributed by atoms with van der Waals surface area (Å²) in [5, 5.41) is 2.97. The van der Waals surface area contributed by atoms with Crippen molar-refractivity contribution in [2.45, 2.75) is 6.92 Å². The molecule has 6 heteroatoms. The highest BCUT2D eigenvalue weighted by atomic mass is 16.5. The Hall–Kier alpha value is -1.56. The second-order valence-corrected chi connectivity index (χ2v) is 3.45. The van der Waals surface area contributed by atoms with Crippen molar-refractivity contribution in [1.29, 1.82) is 0 Å².